The van der Waals surface area contributed by atoms with E-state index in [-0.39, 0.29) is 6.61 Å². The predicted molar refractivity (Wildman–Crippen MR) is 56.2 cm³/mol. The van der Waals surface area contributed by atoms with Gasteiger partial charge in [0.15, 0.2) is 0 Å². The number of nitrogens with one attached hydrogen (secondary N) is 1. The van der Waals surface area contributed by atoms with Crippen molar-refractivity contribution in [3.05, 3.63) is 0 Å². The fraction of sp³-hybridized carbons (Fsp3) is 1.00. The summed E-state index contributed by atoms with van der Waals surface area (Å²) in [7, 11) is 0. The van der Waals surface area contributed by atoms with Crippen molar-refractivity contribution in [2.45, 2.75) is 31.9 Å². The van der Waals surface area contributed by atoms with Crippen LogP contribution in [0.5, 0.6) is 0 Å². The number of hydrogen-bond acceptors (Lipinski definition) is 4. The molecule has 0 radical (unpaired) electrons. The summed E-state index contributed by atoms with van der Waals surface area (Å²) in [4.78, 5) is 2.24. The molecule has 1 aliphatic rings. The number of aliphatic hydroxyl groups excluding tert-OH is 2. The van der Waals surface area contributed by atoms with E-state index in [0.29, 0.717) is 12.6 Å². The number of hydrogen-bond donors (Lipinski definition) is 3. The molecule has 14 heavy (non-hydrogen) atoms. The molecular formula is C10H22N2O2. The standard InChI is InChI=1S/C10H22N2O2/c1-2-12(7-10(14)8-13)9-4-3-5-11-6-9/h9-11,13-14H,2-8H2,1H3. The minimum atomic E-state index is -0.600. The summed E-state index contributed by atoms with van der Waals surface area (Å²) in [6, 6.07) is 0.523. The molecule has 0 amide bonds. The first kappa shape index (κ1) is 11.9. The molecule has 3 N–H and O–H groups in total. The molecule has 1 heterocycles. The molecule has 0 bridgehead atoms. The Hall–Kier alpha value is -0.160. The topological polar surface area (TPSA) is 55.7 Å². The van der Waals surface area contributed by atoms with Crippen molar-refractivity contribution in [2.24, 2.45) is 0 Å². The molecule has 0 aromatic rings. The number of nitrogens with zero attached hydrogens (tertiary/aromatic N) is 1. The van der Waals surface area contributed by atoms with Gasteiger partial charge >= 0.3 is 0 Å². The lowest BCUT2D eigenvalue weighted by Gasteiger charge is -2.34. The van der Waals surface area contributed by atoms with E-state index in [1.54, 1.807) is 0 Å². The van der Waals surface area contributed by atoms with Gasteiger partial charge in [-0.1, -0.05) is 6.92 Å². The molecule has 2 atom stereocenters. The highest BCUT2D eigenvalue weighted by Gasteiger charge is 2.21. The Morgan fingerprint density at radius 3 is 2.86 bits per heavy atom. The van der Waals surface area contributed by atoms with Crippen LogP contribution >= 0.6 is 0 Å². The molecule has 84 valence electrons. The van der Waals surface area contributed by atoms with E-state index in [9.17, 15) is 5.11 Å². The molecule has 4 nitrogen and oxygen atoms in total. The SMILES string of the molecule is CCN(CC(O)CO)C1CCCNC1. The Bertz CT molecular complexity index is 149. The maximum absolute atomic E-state index is 9.38. The first-order valence-electron chi connectivity index (χ1n) is 5.51. The molecule has 1 fully saturated rings. The number of aliphatic hydroxyl groups is 2. The van der Waals surface area contributed by atoms with Crippen molar-refractivity contribution in [2.75, 3.05) is 32.8 Å². The van der Waals surface area contributed by atoms with Crippen molar-refractivity contribution < 1.29 is 10.2 Å². The molecule has 4 heteroatoms. The van der Waals surface area contributed by atoms with Gasteiger partial charge in [0.05, 0.1) is 12.7 Å². The molecule has 1 rings (SSSR count). The maximum atomic E-state index is 9.38. The lowest BCUT2D eigenvalue weighted by molar-refractivity contribution is 0.0419. The highest BCUT2D eigenvalue weighted by molar-refractivity contribution is 4.79. The Balaban J connectivity index is 2.35. The van der Waals surface area contributed by atoms with E-state index < -0.39 is 6.10 Å². The molecule has 0 saturated carbocycles. The third-order valence-corrected chi connectivity index (χ3v) is 2.85. The van der Waals surface area contributed by atoms with Gasteiger partial charge in [-0.2, -0.15) is 0 Å². The Morgan fingerprint density at radius 2 is 2.36 bits per heavy atom. The zero-order chi connectivity index (χ0) is 10.4. The van der Waals surface area contributed by atoms with E-state index in [1.807, 2.05) is 0 Å². The molecule has 1 aliphatic heterocycles. The summed E-state index contributed by atoms with van der Waals surface area (Å²) in [5.74, 6) is 0. The average molecular weight is 202 g/mol. The Kier molecular flexibility index (Phi) is 5.40. The zero-order valence-corrected chi connectivity index (χ0v) is 8.95. The monoisotopic (exact) mass is 202 g/mol. The Labute approximate surface area is 85.9 Å². The predicted octanol–water partition coefficient (Wildman–Crippen LogP) is -0.586. The van der Waals surface area contributed by atoms with E-state index in [4.69, 9.17) is 5.11 Å². The van der Waals surface area contributed by atoms with E-state index in [1.165, 1.54) is 12.8 Å². The van der Waals surface area contributed by atoms with Crippen molar-refractivity contribution in [1.82, 2.24) is 10.2 Å². The minimum Gasteiger partial charge on any atom is -0.394 e. The van der Waals surface area contributed by atoms with Gasteiger partial charge in [-0.25, -0.2) is 0 Å². The molecule has 0 aromatic carbocycles. The smallest absolute Gasteiger partial charge is 0.0897 e. The largest absolute Gasteiger partial charge is 0.394 e. The van der Waals surface area contributed by atoms with Crippen LogP contribution in [0.2, 0.25) is 0 Å². The van der Waals surface area contributed by atoms with Gasteiger partial charge in [0.2, 0.25) is 0 Å². The van der Waals surface area contributed by atoms with Crippen molar-refractivity contribution in [1.29, 1.82) is 0 Å². The van der Waals surface area contributed by atoms with Crippen molar-refractivity contribution >= 4 is 0 Å². The number of likely N-dealkylation sites (N-methyl/N-ethyl adjacent to an activating group) is 1. The Morgan fingerprint density at radius 1 is 1.57 bits per heavy atom. The summed E-state index contributed by atoms with van der Waals surface area (Å²) in [6.07, 6.45) is 1.80. The lowest BCUT2D eigenvalue weighted by Crippen LogP contribution is -2.48. The van der Waals surface area contributed by atoms with Crippen molar-refractivity contribution in [3.63, 3.8) is 0 Å². The fourth-order valence-corrected chi connectivity index (χ4v) is 2.01. The first-order valence-corrected chi connectivity index (χ1v) is 5.51. The van der Waals surface area contributed by atoms with Gasteiger partial charge in [0.25, 0.3) is 0 Å². The highest BCUT2D eigenvalue weighted by atomic mass is 16.3. The molecule has 0 aliphatic carbocycles. The van der Waals surface area contributed by atoms with Crippen LogP contribution in [0.25, 0.3) is 0 Å². The summed E-state index contributed by atoms with van der Waals surface area (Å²) < 4.78 is 0. The van der Waals surface area contributed by atoms with Gasteiger partial charge in [0, 0.05) is 19.1 Å². The quantitative estimate of drug-likeness (QED) is 0.558. The minimum absolute atomic E-state index is 0.142. The van der Waals surface area contributed by atoms with Gasteiger partial charge in [0.1, 0.15) is 0 Å². The number of piperidine rings is 1. The maximum Gasteiger partial charge on any atom is 0.0897 e. The summed E-state index contributed by atoms with van der Waals surface area (Å²) in [6.45, 7) is 5.58. The molecule has 0 aromatic heterocycles. The summed E-state index contributed by atoms with van der Waals surface area (Å²) >= 11 is 0. The molecule has 2 unspecified atom stereocenters. The second kappa shape index (κ2) is 6.35. The van der Waals surface area contributed by atoms with E-state index in [0.717, 1.165) is 19.6 Å². The molecular weight excluding hydrogens is 180 g/mol. The van der Waals surface area contributed by atoms with Crippen LogP contribution in [-0.2, 0) is 0 Å². The van der Waals surface area contributed by atoms with Gasteiger partial charge in [-0.3, -0.25) is 4.90 Å². The van der Waals surface area contributed by atoms with E-state index >= 15 is 0 Å². The van der Waals surface area contributed by atoms with Crippen molar-refractivity contribution in [3.8, 4) is 0 Å². The van der Waals surface area contributed by atoms with Gasteiger partial charge < -0.3 is 15.5 Å². The summed E-state index contributed by atoms with van der Waals surface area (Å²) in [5, 5.41) is 21.5. The summed E-state index contributed by atoms with van der Waals surface area (Å²) in [5.41, 5.74) is 0. The molecule has 0 spiro atoms. The van der Waals surface area contributed by atoms with Crippen LogP contribution in [0.1, 0.15) is 19.8 Å². The van der Waals surface area contributed by atoms with Crippen LogP contribution < -0.4 is 5.32 Å². The van der Waals surface area contributed by atoms with Gasteiger partial charge in [-0.05, 0) is 25.9 Å². The normalized spacial score (nSPS) is 25.3. The van der Waals surface area contributed by atoms with E-state index in [2.05, 4.69) is 17.1 Å². The first-order chi connectivity index (χ1) is 6.77. The second-order valence-electron chi connectivity index (χ2n) is 3.92. The van der Waals surface area contributed by atoms with Gasteiger partial charge in [-0.15, -0.1) is 0 Å². The van der Waals surface area contributed by atoms with Crippen LogP contribution in [0.4, 0.5) is 0 Å². The highest BCUT2D eigenvalue weighted by Crippen LogP contribution is 2.10. The second-order valence-corrected chi connectivity index (χ2v) is 3.92. The molecule has 1 saturated heterocycles. The third kappa shape index (κ3) is 3.53. The van der Waals surface area contributed by atoms with Crippen LogP contribution in [0.15, 0.2) is 0 Å². The average Bonchev–Trinajstić information content (AvgIpc) is 2.26. The van der Waals surface area contributed by atoms with Crippen LogP contribution in [0, 0.1) is 0 Å². The lowest BCUT2D eigenvalue weighted by atomic mass is 10.1. The third-order valence-electron chi connectivity index (χ3n) is 2.85. The van der Waals surface area contributed by atoms with Crippen LogP contribution in [0.3, 0.4) is 0 Å². The number of rotatable bonds is 5. The van der Waals surface area contributed by atoms with Crippen LogP contribution in [-0.4, -0.2) is 60.0 Å². The zero-order valence-electron chi connectivity index (χ0n) is 8.95. The fourth-order valence-electron chi connectivity index (χ4n) is 2.01.